The maximum atomic E-state index is 5.81. The van der Waals surface area contributed by atoms with Crippen LogP contribution in [0.25, 0.3) is 0 Å². The molecule has 1 heterocycles. The van der Waals surface area contributed by atoms with Crippen molar-refractivity contribution in [2.45, 2.75) is 31.8 Å². The molecule has 3 rings (SSSR count). The normalized spacial score (nSPS) is 58.6. The number of rotatable bonds is 0. The molecule has 3 bridgehead atoms. The molecule has 4 atom stereocenters. The SMILES string of the molecule is C=C1OC23CC(C)C(C2)C1C3. The molecule has 1 aliphatic heterocycles. The number of allylic oxidation sites excluding steroid dienone is 1. The minimum Gasteiger partial charge on any atom is -0.492 e. The van der Waals surface area contributed by atoms with Crippen LogP contribution in [0.3, 0.4) is 0 Å². The van der Waals surface area contributed by atoms with Crippen LogP contribution in [0.1, 0.15) is 26.2 Å². The molecule has 2 saturated carbocycles. The Morgan fingerprint density at radius 1 is 1.45 bits per heavy atom. The summed E-state index contributed by atoms with van der Waals surface area (Å²) in [5, 5.41) is 0. The average molecular weight is 150 g/mol. The Kier molecular flexibility index (Phi) is 0.832. The van der Waals surface area contributed by atoms with E-state index in [0.717, 1.165) is 23.5 Å². The second kappa shape index (κ2) is 1.50. The Morgan fingerprint density at radius 3 is 2.91 bits per heavy atom. The van der Waals surface area contributed by atoms with E-state index in [4.69, 9.17) is 4.74 Å². The van der Waals surface area contributed by atoms with Crippen LogP contribution in [0.15, 0.2) is 12.3 Å². The van der Waals surface area contributed by atoms with E-state index in [-0.39, 0.29) is 5.60 Å². The predicted octanol–water partition coefficient (Wildman–Crippen LogP) is 2.34. The molecule has 0 aromatic carbocycles. The number of fused-ring (bicyclic) bond motifs is 3. The van der Waals surface area contributed by atoms with Gasteiger partial charge in [-0.15, -0.1) is 0 Å². The first-order chi connectivity index (χ1) is 5.20. The van der Waals surface area contributed by atoms with Crippen molar-refractivity contribution in [3.63, 3.8) is 0 Å². The molecule has 0 radical (unpaired) electrons. The molecular weight excluding hydrogens is 136 g/mol. The number of ether oxygens (including phenoxy) is 1. The van der Waals surface area contributed by atoms with Gasteiger partial charge in [0.1, 0.15) is 5.60 Å². The van der Waals surface area contributed by atoms with E-state index in [2.05, 4.69) is 13.5 Å². The molecule has 0 aromatic heterocycles. The molecule has 1 spiro atoms. The van der Waals surface area contributed by atoms with Crippen molar-refractivity contribution >= 4 is 0 Å². The van der Waals surface area contributed by atoms with Gasteiger partial charge >= 0.3 is 0 Å². The topological polar surface area (TPSA) is 9.23 Å². The van der Waals surface area contributed by atoms with Crippen molar-refractivity contribution in [2.24, 2.45) is 17.8 Å². The highest BCUT2D eigenvalue weighted by Crippen LogP contribution is 2.63. The summed E-state index contributed by atoms with van der Waals surface area (Å²) in [6.07, 6.45) is 3.88. The number of hydrogen-bond acceptors (Lipinski definition) is 1. The summed E-state index contributed by atoms with van der Waals surface area (Å²) in [6.45, 7) is 6.35. The first kappa shape index (κ1) is 6.10. The number of hydrogen-bond donors (Lipinski definition) is 0. The third-order valence-corrected chi connectivity index (χ3v) is 3.90. The lowest BCUT2D eigenvalue weighted by Crippen LogP contribution is -2.22. The zero-order chi connectivity index (χ0) is 7.64. The molecule has 1 nitrogen and oxygen atoms in total. The summed E-state index contributed by atoms with van der Waals surface area (Å²) in [7, 11) is 0. The molecular formula is C10H14O. The van der Waals surface area contributed by atoms with Crippen molar-refractivity contribution in [1.29, 1.82) is 0 Å². The molecule has 3 fully saturated rings. The molecule has 1 heteroatoms. The van der Waals surface area contributed by atoms with Crippen LogP contribution in [0.5, 0.6) is 0 Å². The van der Waals surface area contributed by atoms with Gasteiger partial charge in [0.25, 0.3) is 0 Å². The first-order valence-electron chi connectivity index (χ1n) is 4.58. The molecule has 2 aliphatic carbocycles. The van der Waals surface area contributed by atoms with Gasteiger partial charge in [-0.25, -0.2) is 0 Å². The predicted molar refractivity (Wildman–Crippen MR) is 43.0 cm³/mol. The van der Waals surface area contributed by atoms with E-state index in [9.17, 15) is 0 Å². The summed E-state index contributed by atoms with van der Waals surface area (Å²) in [4.78, 5) is 0. The summed E-state index contributed by atoms with van der Waals surface area (Å²) in [5.74, 6) is 3.61. The second-order valence-corrected chi connectivity index (χ2v) is 4.61. The van der Waals surface area contributed by atoms with E-state index in [1.807, 2.05) is 0 Å². The van der Waals surface area contributed by atoms with Gasteiger partial charge in [0.15, 0.2) is 0 Å². The monoisotopic (exact) mass is 150 g/mol. The van der Waals surface area contributed by atoms with Gasteiger partial charge in [-0.2, -0.15) is 0 Å². The molecule has 11 heavy (non-hydrogen) atoms. The fourth-order valence-corrected chi connectivity index (χ4v) is 3.54. The van der Waals surface area contributed by atoms with Gasteiger partial charge in [0.05, 0.1) is 5.76 Å². The van der Waals surface area contributed by atoms with Gasteiger partial charge in [-0.3, -0.25) is 0 Å². The van der Waals surface area contributed by atoms with Crippen LogP contribution in [-0.2, 0) is 4.74 Å². The molecule has 0 amide bonds. The van der Waals surface area contributed by atoms with Gasteiger partial charge in [0.2, 0.25) is 0 Å². The van der Waals surface area contributed by atoms with E-state index in [1.54, 1.807) is 0 Å². The van der Waals surface area contributed by atoms with Crippen LogP contribution in [0.4, 0.5) is 0 Å². The van der Waals surface area contributed by atoms with Crippen LogP contribution >= 0.6 is 0 Å². The highest BCUT2D eigenvalue weighted by molar-refractivity contribution is 5.19. The third-order valence-electron chi connectivity index (χ3n) is 3.90. The second-order valence-electron chi connectivity index (χ2n) is 4.61. The van der Waals surface area contributed by atoms with E-state index in [0.29, 0.717) is 0 Å². The minimum absolute atomic E-state index is 0.270. The van der Waals surface area contributed by atoms with Crippen LogP contribution in [-0.4, -0.2) is 5.60 Å². The highest BCUT2D eigenvalue weighted by atomic mass is 16.5. The van der Waals surface area contributed by atoms with E-state index >= 15 is 0 Å². The summed E-state index contributed by atoms with van der Waals surface area (Å²) in [6, 6.07) is 0. The molecule has 4 unspecified atom stereocenters. The molecule has 1 saturated heterocycles. The Bertz CT molecular complexity index is 229. The smallest absolute Gasteiger partial charge is 0.110 e. The fourth-order valence-electron chi connectivity index (χ4n) is 3.54. The molecule has 0 aromatic rings. The van der Waals surface area contributed by atoms with Crippen molar-refractivity contribution in [1.82, 2.24) is 0 Å². The lowest BCUT2D eigenvalue weighted by Gasteiger charge is -2.22. The van der Waals surface area contributed by atoms with Crippen LogP contribution < -0.4 is 0 Å². The lowest BCUT2D eigenvalue weighted by molar-refractivity contribution is 0.0400. The first-order valence-corrected chi connectivity index (χ1v) is 4.58. The summed E-state index contributed by atoms with van der Waals surface area (Å²) in [5.41, 5.74) is 0.270. The Hall–Kier alpha value is -0.460. The zero-order valence-electron chi connectivity index (χ0n) is 6.97. The zero-order valence-corrected chi connectivity index (χ0v) is 6.97. The molecule has 0 N–H and O–H groups in total. The van der Waals surface area contributed by atoms with Crippen LogP contribution in [0, 0.1) is 17.8 Å². The van der Waals surface area contributed by atoms with Crippen LogP contribution in [0.2, 0.25) is 0 Å². The third kappa shape index (κ3) is 0.545. The Morgan fingerprint density at radius 2 is 2.27 bits per heavy atom. The van der Waals surface area contributed by atoms with Gasteiger partial charge in [0, 0.05) is 5.92 Å². The average Bonchev–Trinajstić information content (AvgIpc) is 2.46. The van der Waals surface area contributed by atoms with E-state index in [1.165, 1.54) is 19.3 Å². The molecule has 60 valence electrons. The van der Waals surface area contributed by atoms with Gasteiger partial charge in [-0.1, -0.05) is 13.5 Å². The van der Waals surface area contributed by atoms with E-state index < -0.39 is 0 Å². The summed E-state index contributed by atoms with van der Waals surface area (Å²) < 4.78 is 5.81. The standard InChI is InChI=1S/C10H14O/c1-6-3-10-4-8(6)9(5-10)7(2)11-10/h6,8-9H,2-5H2,1H3. The van der Waals surface area contributed by atoms with Gasteiger partial charge < -0.3 is 4.74 Å². The fraction of sp³-hybridized carbons (Fsp3) is 0.800. The maximum Gasteiger partial charge on any atom is 0.110 e. The van der Waals surface area contributed by atoms with Crippen molar-refractivity contribution in [3.05, 3.63) is 12.3 Å². The van der Waals surface area contributed by atoms with Gasteiger partial charge in [-0.05, 0) is 31.1 Å². The maximum absolute atomic E-state index is 5.81. The highest BCUT2D eigenvalue weighted by Gasteiger charge is 2.61. The quantitative estimate of drug-likeness (QED) is 0.515. The van der Waals surface area contributed by atoms with Crippen molar-refractivity contribution in [3.8, 4) is 0 Å². The Labute approximate surface area is 67.4 Å². The summed E-state index contributed by atoms with van der Waals surface area (Å²) >= 11 is 0. The lowest BCUT2D eigenvalue weighted by atomic mass is 9.82. The van der Waals surface area contributed by atoms with Crippen molar-refractivity contribution in [2.75, 3.05) is 0 Å². The Balaban J connectivity index is 2.06. The van der Waals surface area contributed by atoms with Crippen molar-refractivity contribution < 1.29 is 4.74 Å². The molecule has 3 aliphatic rings. The largest absolute Gasteiger partial charge is 0.492 e. The minimum atomic E-state index is 0.270.